The van der Waals surface area contributed by atoms with E-state index in [1.165, 1.54) is 0 Å². The molecule has 104 valence electrons. The van der Waals surface area contributed by atoms with E-state index in [1.54, 1.807) is 0 Å². The van der Waals surface area contributed by atoms with Crippen molar-refractivity contribution in [2.75, 3.05) is 0 Å². The molecule has 18 heavy (non-hydrogen) atoms. The normalized spacial score (nSPS) is 14.1. The molecule has 0 bridgehead atoms. The molecule has 0 saturated heterocycles. The van der Waals surface area contributed by atoms with Crippen molar-refractivity contribution in [1.82, 2.24) is 0 Å². The lowest BCUT2D eigenvalue weighted by atomic mass is 9.79. The van der Waals surface area contributed by atoms with Crippen LogP contribution in [0.2, 0.25) is 0 Å². The Hall–Kier alpha value is -0.920. The van der Waals surface area contributed by atoms with Crippen LogP contribution in [0.5, 0.6) is 5.75 Å². The first-order valence-corrected chi connectivity index (χ1v) is 6.63. The zero-order valence-corrected chi connectivity index (χ0v) is 13.4. The number of furan rings is 1. The molecule has 0 spiro atoms. The Morgan fingerprint density at radius 1 is 0.667 bits per heavy atom. The van der Waals surface area contributed by atoms with Crippen molar-refractivity contribution >= 4 is 0 Å². The molecule has 0 fully saturated rings. The molecule has 0 radical (unpaired) electrons. The zero-order valence-electron chi connectivity index (χ0n) is 13.4. The molecule has 2 nitrogen and oxygen atoms in total. The van der Waals surface area contributed by atoms with Crippen molar-refractivity contribution in [3.05, 3.63) is 17.1 Å². The van der Waals surface area contributed by atoms with Gasteiger partial charge in [-0.05, 0) is 5.41 Å². The van der Waals surface area contributed by atoms with Crippen LogP contribution in [0.1, 0.15) is 79.4 Å². The van der Waals surface area contributed by atoms with E-state index in [0.717, 1.165) is 11.3 Å². The predicted octanol–water partition coefficient (Wildman–Crippen LogP) is 4.88. The molecule has 1 heterocycles. The van der Waals surface area contributed by atoms with Crippen LogP contribution in [0.3, 0.4) is 0 Å². The quantitative estimate of drug-likeness (QED) is 0.714. The molecular formula is C16H28O2. The minimum atomic E-state index is -0.187. The maximum atomic E-state index is 10.6. The third-order valence-electron chi connectivity index (χ3n) is 3.00. The van der Waals surface area contributed by atoms with Crippen LogP contribution in [-0.2, 0) is 16.2 Å². The highest BCUT2D eigenvalue weighted by Gasteiger charge is 2.37. The Balaban J connectivity index is 3.63. The lowest BCUT2D eigenvalue weighted by Crippen LogP contribution is -2.19. The largest absolute Gasteiger partial charge is 0.504 e. The van der Waals surface area contributed by atoms with Gasteiger partial charge in [0, 0.05) is 16.4 Å². The van der Waals surface area contributed by atoms with Crippen LogP contribution in [0, 0.1) is 0 Å². The van der Waals surface area contributed by atoms with Gasteiger partial charge >= 0.3 is 0 Å². The molecule has 0 aliphatic rings. The second-order valence-electron chi connectivity index (χ2n) is 8.23. The second kappa shape index (κ2) is 4.04. The van der Waals surface area contributed by atoms with Crippen molar-refractivity contribution in [3.63, 3.8) is 0 Å². The first kappa shape index (κ1) is 15.1. The molecule has 0 atom stereocenters. The van der Waals surface area contributed by atoms with Crippen LogP contribution in [0.25, 0.3) is 0 Å². The van der Waals surface area contributed by atoms with Gasteiger partial charge in [0.25, 0.3) is 0 Å². The number of aromatic hydroxyl groups is 1. The third-order valence-corrected chi connectivity index (χ3v) is 3.00. The molecule has 1 rings (SSSR count). The van der Waals surface area contributed by atoms with Crippen molar-refractivity contribution < 1.29 is 9.52 Å². The maximum absolute atomic E-state index is 10.6. The summed E-state index contributed by atoms with van der Waals surface area (Å²) in [5.41, 5.74) is 0.525. The fourth-order valence-electron chi connectivity index (χ4n) is 2.15. The highest BCUT2D eigenvalue weighted by atomic mass is 16.4. The first-order chi connectivity index (χ1) is 7.76. The average Bonchev–Trinajstić information content (AvgIpc) is 2.39. The molecular weight excluding hydrogens is 224 g/mol. The number of rotatable bonds is 0. The molecule has 0 unspecified atom stereocenters. The van der Waals surface area contributed by atoms with Crippen LogP contribution in [0.4, 0.5) is 0 Å². The summed E-state index contributed by atoms with van der Waals surface area (Å²) in [5, 5.41) is 10.6. The van der Waals surface area contributed by atoms with E-state index in [2.05, 4.69) is 62.3 Å². The van der Waals surface area contributed by atoms with E-state index >= 15 is 0 Å². The van der Waals surface area contributed by atoms with E-state index in [-0.39, 0.29) is 16.2 Å². The van der Waals surface area contributed by atoms with Crippen molar-refractivity contribution in [3.8, 4) is 5.75 Å². The van der Waals surface area contributed by atoms with Gasteiger partial charge in [-0.2, -0.15) is 0 Å². The van der Waals surface area contributed by atoms with Gasteiger partial charge in [0.15, 0.2) is 11.5 Å². The van der Waals surface area contributed by atoms with Gasteiger partial charge in [-0.25, -0.2) is 0 Å². The molecule has 1 aromatic heterocycles. The fourth-order valence-corrected chi connectivity index (χ4v) is 2.15. The number of hydrogen-bond donors (Lipinski definition) is 1. The summed E-state index contributed by atoms with van der Waals surface area (Å²) in [5.74, 6) is 1.93. The van der Waals surface area contributed by atoms with E-state index in [1.807, 2.05) is 0 Å². The monoisotopic (exact) mass is 252 g/mol. The minimum absolute atomic E-state index is 0.108. The summed E-state index contributed by atoms with van der Waals surface area (Å²) in [4.78, 5) is 0. The van der Waals surface area contributed by atoms with Gasteiger partial charge in [0.05, 0.1) is 0 Å². The molecule has 0 aromatic carbocycles. The SMILES string of the molecule is CC(C)(C)c1oc(C(C)(C)C)c(C(C)(C)C)c1O. The Morgan fingerprint density at radius 3 is 1.28 bits per heavy atom. The van der Waals surface area contributed by atoms with Gasteiger partial charge in [0.2, 0.25) is 0 Å². The second-order valence-corrected chi connectivity index (χ2v) is 8.23. The van der Waals surface area contributed by atoms with Crippen LogP contribution < -0.4 is 0 Å². The molecule has 1 N–H and O–H groups in total. The van der Waals surface area contributed by atoms with Gasteiger partial charge in [-0.3, -0.25) is 0 Å². The smallest absolute Gasteiger partial charge is 0.161 e. The number of hydrogen-bond acceptors (Lipinski definition) is 2. The van der Waals surface area contributed by atoms with E-state index < -0.39 is 0 Å². The molecule has 0 aliphatic carbocycles. The highest BCUT2D eigenvalue weighted by molar-refractivity contribution is 5.47. The molecule has 2 heteroatoms. The summed E-state index contributed by atoms with van der Waals surface area (Å²) < 4.78 is 6.05. The van der Waals surface area contributed by atoms with Crippen molar-refractivity contribution in [2.45, 2.75) is 78.6 Å². The third kappa shape index (κ3) is 2.73. The fraction of sp³-hybridized carbons (Fsp3) is 0.750. The van der Waals surface area contributed by atoms with E-state index in [9.17, 15) is 5.11 Å². The Labute approximate surface area is 111 Å². The predicted molar refractivity (Wildman–Crippen MR) is 76.5 cm³/mol. The summed E-state index contributed by atoms with van der Waals surface area (Å²) in [7, 11) is 0. The molecule has 0 saturated carbocycles. The minimum Gasteiger partial charge on any atom is -0.504 e. The van der Waals surface area contributed by atoms with Crippen molar-refractivity contribution in [2.24, 2.45) is 0 Å². The van der Waals surface area contributed by atoms with Crippen LogP contribution in [0.15, 0.2) is 4.42 Å². The van der Waals surface area contributed by atoms with Crippen LogP contribution >= 0.6 is 0 Å². The topological polar surface area (TPSA) is 33.4 Å². The maximum Gasteiger partial charge on any atom is 0.161 e. The Morgan fingerprint density at radius 2 is 1.06 bits per heavy atom. The van der Waals surface area contributed by atoms with Crippen molar-refractivity contribution in [1.29, 1.82) is 0 Å². The molecule has 1 aromatic rings. The van der Waals surface area contributed by atoms with Gasteiger partial charge in [-0.15, -0.1) is 0 Å². The zero-order chi connectivity index (χ0) is 14.5. The highest BCUT2D eigenvalue weighted by Crippen LogP contribution is 2.46. The lowest BCUT2D eigenvalue weighted by molar-refractivity contribution is 0.327. The van der Waals surface area contributed by atoms with Gasteiger partial charge in [-0.1, -0.05) is 62.3 Å². The van der Waals surface area contributed by atoms with Crippen LogP contribution in [-0.4, -0.2) is 5.11 Å². The first-order valence-electron chi connectivity index (χ1n) is 6.63. The summed E-state index contributed by atoms with van der Waals surface area (Å²) in [6.07, 6.45) is 0. The van der Waals surface area contributed by atoms with E-state index in [4.69, 9.17) is 4.42 Å². The average molecular weight is 252 g/mol. The summed E-state index contributed by atoms with van der Waals surface area (Å²) in [6.45, 7) is 18.9. The lowest BCUT2D eigenvalue weighted by Gasteiger charge is -2.24. The summed E-state index contributed by atoms with van der Waals surface area (Å²) >= 11 is 0. The molecule has 0 aliphatic heterocycles. The Bertz CT molecular complexity index is 431. The van der Waals surface area contributed by atoms with Gasteiger partial charge < -0.3 is 9.52 Å². The standard InChI is InChI=1S/C16H28O2/c1-14(2,3)10-11(17)13(16(7,8)9)18-12(10)15(4,5)6/h17H,1-9H3. The molecule has 0 amide bonds. The summed E-state index contributed by atoms with van der Waals surface area (Å²) in [6, 6.07) is 0. The van der Waals surface area contributed by atoms with Gasteiger partial charge in [0.1, 0.15) is 5.76 Å². The van der Waals surface area contributed by atoms with E-state index in [0.29, 0.717) is 11.5 Å². The Kier molecular flexibility index (Phi) is 3.40.